The Bertz CT molecular complexity index is 232. The van der Waals surface area contributed by atoms with Gasteiger partial charge in [-0.25, -0.2) is 0 Å². The molecule has 0 aromatic heterocycles. The minimum atomic E-state index is -5.43. The standard InChI is InChI=1S/C4H5F3O3S.Ni/c1-2-3-10-11(8,9)4(5,6)7;/h2H,1,3H2;. The van der Waals surface area contributed by atoms with Crippen molar-refractivity contribution in [3.8, 4) is 0 Å². The number of hydrogen-bond acceptors (Lipinski definition) is 3. The van der Waals surface area contributed by atoms with E-state index in [1.165, 1.54) is 0 Å². The molecule has 0 aliphatic heterocycles. The molecule has 0 unspecified atom stereocenters. The van der Waals surface area contributed by atoms with Gasteiger partial charge in [-0.2, -0.15) is 21.6 Å². The van der Waals surface area contributed by atoms with E-state index in [0.717, 1.165) is 6.08 Å². The Morgan fingerprint density at radius 3 is 2.08 bits per heavy atom. The Balaban J connectivity index is 0. The molecule has 0 saturated carbocycles. The summed E-state index contributed by atoms with van der Waals surface area (Å²) < 4.78 is 57.7. The second-order valence-electron chi connectivity index (χ2n) is 1.47. The number of hydrogen-bond donors (Lipinski definition) is 0. The van der Waals surface area contributed by atoms with Crippen LogP contribution in [0.1, 0.15) is 0 Å². The molecule has 8 heteroatoms. The molecule has 0 atom stereocenters. The first-order chi connectivity index (χ1) is 4.81. The molecule has 0 radical (unpaired) electrons. The Morgan fingerprint density at radius 2 is 1.83 bits per heavy atom. The van der Waals surface area contributed by atoms with Crippen LogP contribution in [0.5, 0.6) is 0 Å². The summed E-state index contributed by atoms with van der Waals surface area (Å²) >= 11 is 0. The van der Waals surface area contributed by atoms with Crippen molar-refractivity contribution in [3.05, 3.63) is 12.7 Å². The van der Waals surface area contributed by atoms with Crippen LogP contribution in [0, 0.1) is 0 Å². The van der Waals surface area contributed by atoms with E-state index in [4.69, 9.17) is 0 Å². The van der Waals surface area contributed by atoms with Crippen molar-refractivity contribution in [2.45, 2.75) is 5.51 Å². The molecule has 0 heterocycles. The van der Waals surface area contributed by atoms with Gasteiger partial charge in [-0.15, -0.1) is 6.58 Å². The monoisotopic (exact) mass is 248 g/mol. The molecule has 0 amide bonds. The van der Waals surface area contributed by atoms with Crippen molar-refractivity contribution in [1.82, 2.24) is 0 Å². The van der Waals surface area contributed by atoms with Crippen molar-refractivity contribution in [2.24, 2.45) is 0 Å². The first-order valence-corrected chi connectivity index (χ1v) is 3.78. The van der Waals surface area contributed by atoms with E-state index in [0.29, 0.717) is 0 Å². The van der Waals surface area contributed by atoms with Gasteiger partial charge in [0, 0.05) is 16.5 Å². The van der Waals surface area contributed by atoms with E-state index in [1.54, 1.807) is 0 Å². The van der Waals surface area contributed by atoms with Crippen LogP contribution in [0.25, 0.3) is 0 Å². The van der Waals surface area contributed by atoms with Crippen LogP contribution in [0.2, 0.25) is 0 Å². The third kappa shape index (κ3) is 4.08. The van der Waals surface area contributed by atoms with Gasteiger partial charge in [-0.05, 0) is 0 Å². The maximum atomic E-state index is 11.4. The maximum absolute atomic E-state index is 11.4. The zero-order chi connectivity index (χ0) is 9.12. The zero-order valence-corrected chi connectivity index (χ0v) is 7.38. The number of rotatable bonds is 3. The largest absolute Gasteiger partial charge is 0.523 e. The van der Waals surface area contributed by atoms with Gasteiger partial charge in [0.2, 0.25) is 0 Å². The van der Waals surface area contributed by atoms with Crippen LogP contribution in [0.4, 0.5) is 13.2 Å². The van der Waals surface area contributed by atoms with Gasteiger partial charge in [0.05, 0.1) is 6.61 Å². The molecule has 3 nitrogen and oxygen atoms in total. The SMILES string of the molecule is C=CCOS(=O)(=O)C(F)(F)F.[Ni]. The molecule has 0 bridgehead atoms. The Labute approximate surface area is 77.6 Å². The third-order valence-electron chi connectivity index (χ3n) is 0.625. The van der Waals surface area contributed by atoms with Crippen molar-refractivity contribution in [1.29, 1.82) is 0 Å². The van der Waals surface area contributed by atoms with Gasteiger partial charge in [0.15, 0.2) is 0 Å². The number of alkyl halides is 3. The smallest absolute Gasteiger partial charge is 0.259 e. The predicted molar refractivity (Wildman–Crippen MR) is 31.1 cm³/mol. The molecular weight excluding hydrogens is 244 g/mol. The van der Waals surface area contributed by atoms with E-state index < -0.39 is 22.2 Å². The van der Waals surface area contributed by atoms with Crippen LogP contribution in [-0.4, -0.2) is 20.5 Å². The quantitative estimate of drug-likeness (QED) is 0.324. The summed E-state index contributed by atoms with van der Waals surface area (Å²) in [4.78, 5) is 0. The number of halogens is 3. The molecule has 0 aliphatic carbocycles. The van der Waals surface area contributed by atoms with Gasteiger partial charge in [-0.1, -0.05) is 6.08 Å². The van der Waals surface area contributed by atoms with Gasteiger partial charge in [-0.3, -0.25) is 4.18 Å². The summed E-state index contributed by atoms with van der Waals surface area (Å²) in [5, 5.41) is 0. The molecule has 0 rings (SSSR count). The van der Waals surface area contributed by atoms with Crippen molar-refractivity contribution in [2.75, 3.05) is 6.61 Å². The van der Waals surface area contributed by atoms with E-state index in [2.05, 4.69) is 10.8 Å². The van der Waals surface area contributed by atoms with E-state index >= 15 is 0 Å². The normalized spacial score (nSPS) is 11.9. The minimum absolute atomic E-state index is 0. The second-order valence-corrected chi connectivity index (χ2v) is 3.08. The maximum Gasteiger partial charge on any atom is 0.523 e. The molecule has 0 aromatic rings. The Morgan fingerprint density at radius 1 is 1.42 bits per heavy atom. The van der Waals surface area contributed by atoms with Crippen LogP contribution >= 0.6 is 0 Å². The first-order valence-electron chi connectivity index (χ1n) is 2.38. The van der Waals surface area contributed by atoms with Crippen LogP contribution < -0.4 is 0 Å². The average molecular weight is 249 g/mol. The Kier molecular flexibility index (Phi) is 5.83. The topological polar surface area (TPSA) is 43.4 Å². The zero-order valence-electron chi connectivity index (χ0n) is 5.57. The summed E-state index contributed by atoms with van der Waals surface area (Å²) in [5.41, 5.74) is -5.35. The van der Waals surface area contributed by atoms with Crippen molar-refractivity contribution in [3.63, 3.8) is 0 Å². The van der Waals surface area contributed by atoms with Gasteiger partial charge in [0.25, 0.3) is 0 Å². The fourth-order valence-electron chi connectivity index (χ4n) is 0.205. The molecular formula is C4H5F3NiO3S. The van der Waals surface area contributed by atoms with Crippen LogP contribution in [0.3, 0.4) is 0 Å². The summed E-state index contributed by atoms with van der Waals surface area (Å²) in [6, 6.07) is 0. The second kappa shape index (κ2) is 4.84. The average Bonchev–Trinajstić information content (AvgIpc) is 1.81. The van der Waals surface area contributed by atoms with E-state index in [-0.39, 0.29) is 16.5 Å². The molecule has 0 N–H and O–H groups in total. The van der Waals surface area contributed by atoms with Crippen LogP contribution in [-0.2, 0) is 30.8 Å². The minimum Gasteiger partial charge on any atom is -0.259 e. The molecule has 0 saturated heterocycles. The summed E-state index contributed by atoms with van der Waals surface area (Å²) in [5.74, 6) is 0. The Hall–Kier alpha value is -0.0665. The summed E-state index contributed by atoms with van der Waals surface area (Å²) in [6.45, 7) is 2.31. The third-order valence-corrected chi connectivity index (χ3v) is 1.64. The van der Waals surface area contributed by atoms with Gasteiger partial charge >= 0.3 is 15.6 Å². The van der Waals surface area contributed by atoms with E-state index in [9.17, 15) is 21.6 Å². The van der Waals surface area contributed by atoms with Crippen molar-refractivity contribution >= 4 is 10.1 Å². The summed E-state index contributed by atoms with van der Waals surface area (Å²) in [6.07, 6.45) is 0.906. The summed E-state index contributed by atoms with van der Waals surface area (Å²) in [7, 11) is -5.43. The fraction of sp³-hybridized carbons (Fsp3) is 0.500. The first kappa shape index (κ1) is 14.5. The van der Waals surface area contributed by atoms with Crippen LogP contribution in [0.15, 0.2) is 12.7 Å². The molecule has 0 fully saturated rings. The van der Waals surface area contributed by atoms with E-state index in [1.807, 2.05) is 0 Å². The molecule has 0 aromatic carbocycles. The molecule has 0 aliphatic rings. The fourth-order valence-corrected chi connectivity index (χ4v) is 0.614. The van der Waals surface area contributed by atoms with Gasteiger partial charge in [0.1, 0.15) is 0 Å². The molecule has 76 valence electrons. The molecule has 12 heavy (non-hydrogen) atoms. The predicted octanol–water partition coefficient (Wildman–Crippen LogP) is 1.04. The van der Waals surface area contributed by atoms with Crippen molar-refractivity contribution < 1.29 is 42.3 Å². The van der Waals surface area contributed by atoms with Gasteiger partial charge < -0.3 is 0 Å². The molecule has 0 spiro atoms.